The maximum absolute atomic E-state index is 11.8. The molecule has 0 aliphatic rings. The molecule has 1 atom stereocenters. The van der Waals surface area contributed by atoms with Crippen LogP contribution in [0.15, 0.2) is 30.3 Å². The summed E-state index contributed by atoms with van der Waals surface area (Å²) < 4.78 is 0. The molecular formula is C13H16ClNO3. The van der Waals surface area contributed by atoms with Crippen molar-refractivity contribution in [2.75, 3.05) is 12.4 Å². The second-order valence-corrected chi connectivity index (χ2v) is 4.14. The molecule has 0 heterocycles. The third kappa shape index (κ3) is 3.74. The predicted molar refractivity (Wildman–Crippen MR) is 70.1 cm³/mol. The Hall–Kier alpha value is -1.55. The summed E-state index contributed by atoms with van der Waals surface area (Å²) in [5, 5.41) is 9.10. The molecule has 0 spiro atoms. The summed E-state index contributed by atoms with van der Waals surface area (Å²) in [6, 6.07) is 8.60. The van der Waals surface area contributed by atoms with E-state index in [0.717, 1.165) is 10.5 Å². The van der Waals surface area contributed by atoms with E-state index in [1.54, 1.807) is 6.92 Å². The zero-order valence-corrected chi connectivity index (χ0v) is 10.9. The minimum absolute atomic E-state index is 0.179. The van der Waals surface area contributed by atoms with Crippen LogP contribution in [0.5, 0.6) is 0 Å². The van der Waals surface area contributed by atoms with E-state index in [2.05, 4.69) is 0 Å². The van der Waals surface area contributed by atoms with Crippen LogP contribution in [0.2, 0.25) is 0 Å². The van der Waals surface area contributed by atoms with Gasteiger partial charge in [0.2, 0.25) is 0 Å². The molecule has 1 aromatic carbocycles. The minimum Gasteiger partial charge on any atom is -0.465 e. The SMILES string of the molecule is CCN(C(=O)O)[C@@H](Cc1ccccc1)C(=O)CCl. The van der Waals surface area contributed by atoms with Gasteiger partial charge in [-0.2, -0.15) is 0 Å². The van der Waals surface area contributed by atoms with Crippen LogP contribution in [0.25, 0.3) is 0 Å². The quantitative estimate of drug-likeness (QED) is 0.807. The summed E-state index contributed by atoms with van der Waals surface area (Å²) in [6.45, 7) is 1.96. The Labute approximate surface area is 111 Å². The molecule has 1 N–H and O–H groups in total. The van der Waals surface area contributed by atoms with Crippen LogP contribution in [0.3, 0.4) is 0 Å². The van der Waals surface area contributed by atoms with Crippen molar-refractivity contribution in [3.05, 3.63) is 35.9 Å². The molecule has 0 aromatic heterocycles. The second-order valence-electron chi connectivity index (χ2n) is 3.87. The fraction of sp³-hybridized carbons (Fsp3) is 0.385. The number of ketones is 1. The van der Waals surface area contributed by atoms with Crippen molar-refractivity contribution < 1.29 is 14.7 Å². The monoisotopic (exact) mass is 269 g/mol. The van der Waals surface area contributed by atoms with E-state index in [9.17, 15) is 9.59 Å². The van der Waals surface area contributed by atoms with Crippen LogP contribution in [0.1, 0.15) is 12.5 Å². The largest absolute Gasteiger partial charge is 0.465 e. The van der Waals surface area contributed by atoms with E-state index in [1.165, 1.54) is 0 Å². The van der Waals surface area contributed by atoms with E-state index in [-0.39, 0.29) is 18.2 Å². The average molecular weight is 270 g/mol. The van der Waals surface area contributed by atoms with E-state index in [0.29, 0.717) is 6.42 Å². The molecule has 0 radical (unpaired) electrons. The fourth-order valence-electron chi connectivity index (χ4n) is 1.81. The van der Waals surface area contributed by atoms with Gasteiger partial charge in [0.05, 0.1) is 11.9 Å². The topological polar surface area (TPSA) is 57.6 Å². The van der Waals surface area contributed by atoms with E-state index in [1.807, 2.05) is 30.3 Å². The lowest BCUT2D eigenvalue weighted by atomic mass is 10.0. The van der Waals surface area contributed by atoms with Gasteiger partial charge in [-0.25, -0.2) is 4.79 Å². The van der Waals surface area contributed by atoms with E-state index < -0.39 is 12.1 Å². The molecule has 0 aliphatic carbocycles. The second kappa shape index (κ2) is 7.01. The van der Waals surface area contributed by atoms with Gasteiger partial charge in [-0.1, -0.05) is 30.3 Å². The zero-order chi connectivity index (χ0) is 13.5. The number of hydrogen-bond acceptors (Lipinski definition) is 2. The molecule has 5 heteroatoms. The van der Waals surface area contributed by atoms with Crippen LogP contribution < -0.4 is 0 Å². The smallest absolute Gasteiger partial charge is 0.407 e. The van der Waals surface area contributed by atoms with Gasteiger partial charge < -0.3 is 5.11 Å². The summed E-state index contributed by atoms with van der Waals surface area (Å²) >= 11 is 5.55. The first-order valence-electron chi connectivity index (χ1n) is 5.72. The molecule has 0 fully saturated rings. The van der Waals surface area contributed by atoms with Gasteiger partial charge in [0, 0.05) is 13.0 Å². The number of carbonyl (C=O) groups excluding carboxylic acids is 1. The summed E-state index contributed by atoms with van der Waals surface area (Å²) in [5.41, 5.74) is 0.917. The Balaban J connectivity index is 2.91. The Kier molecular flexibility index (Phi) is 5.65. The number of benzene rings is 1. The molecule has 0 saturated heterocycles. The molecule has 4 nitrogen and oxygen atoms in total. The molecule has 98 valence electrons. The van der Waals surface area contributed by atoms with Crippen LogP contribution in [0, 0.1) is 0 Å². The molecular weight excluding hydrogens is 254 g/mol. The first-order valence-corrected chi connectivity index (χ1v) is 6.25. The van der Waals surface area contributed by atoms with Gasteiger partial charge in [-0.3, -0.25) is 9.69 Å². The Bertz CT molecular complexity index is 408. The molecule has 18 heavy (non-hydrogen) atoms. The predicted octanol–water partition coefficient (Wildman–Crippen LogP) is 2.41. The highest BCUT2D eigenvalue weighted by molar-refractivity contribution is 6.28. The molecule has 0 aliphatic heterocycles. The highest BCUT2D eigenvalue weighted by Crippen LogP contribution is 2.11. The fourth-order valence-corrected chi connectivity index (χ4v) is 1.99. The number of carbonyl (C=O) groups is 2. The highest BCUT2D eigenvalue weighted by Gasteiger charge is 2.27. The lowest BCUT2D eigenvalue weighted by Gasteiger charge is -2.26. The Morgan fingerprint density at radius 3 is 2.39 bits per heavy atom. The Morgan fingerprint density at radius 2 is 1.94 bits per heavy atom. The molecule has 0 bridgehead atoms. The minimum atomic E-state index is -1.10. The van der Waals surface area contributed by atoms with Crippen molar-refractivity contribution in [2.45, 2.75) is 19.4 Å². The lowest BCUT2D eigenvalue weighted by Crippen LogP contribution is -2.46. The molecule has 1 amide bonds. The van der Waals surface area contributed by atoms with Crippen molar-refractivity contribution in [3.8, 4) is 0 Å². The molecule has 0 unspecified atom stereocenters. The van der Waals surface area contributed by atoms with Crippen molar-refractivity contribution in [1.82, 2.24) is 4.90 Å². The normalized spacial score (nSPS) is 11.9. The van der Waals surface area contributed by atoms with Gasteiger partial charge in [0.1, 0.15) is 0 Å². The van der Waals surface area contributed by atoms with Crippen LogP contribution >= 0.6 is 11.6 Å². The van der Waals surface area contributed by atoms with Gasteiger partial charge in [-0.05, 0) is 12.5 Å². The number of Topliss-reactive ketones (excluding diaryl/α,β-unsaturated/α-hetero) is 1. The summed E-state index contributed by atoms with van der Waals surface area (Å²) in [4.78, 5) is 24.0. The highest BCUT2D eigenvalue weighted by atomic mass is 35.5. The van der Waals surface area contributed by atoms with Gasteiger partial charge >= 0.3 is 6.09 Å². The first-order chi connectivity index (χ1) is 8.60. The standard InChI is InChI=1S/C13H16ClNO3/c1-2-15(13(17)18)11(12(16)9-14)8-10-6-4-3-5-7-10/h3-7,11H,2,8-9H2,1H3,(H,17,18)/t11-/m0/s1. The third-order valence-electron chi connectivity index (χ3n) is 2.74. The summed E-state index contributed by atoms with van der Waals surface area (Å²) in [5.74, 6) is -0.453. The molecule has 0 saturated carbocycles. The summed E-state index contributed by atoms with van der Waals surface area (Å²) in [7, 11) is 0. The number of nitrogens with zero attached hydrogens (tertiary/aromatic N) is 1. The maximum atomic E-state index is 11.8. The Morgan fingerprint density at radius 1 is 1.33 bits per heavy atom. The van der Waals surface area contributed by atoms with Crippen LogP contribution in [-0.2, 0) is 11.2 Å². The zero-order valence-electron chi connectivity index (χ0n) is 10.2. The van der Waals surface area contributed by atoms with Crippen molar-refractivity contribution in [3.63, 3.8) is 0 Å². The third-order valence-corrected chi connectivity index (χ3v) is 3.00. The van der Waals surface area contributed by atoms with Gasteiger partial charge in [-0.15, -0.1) is 11.6 Å². The number of rotatable bonds is 6. The summed E-state index contributed by atoms with van der Waals surface area (Å²) in [6.07, 6.45) is -0.746. The van der Waals surface area contributed by atoms with Gasteiger partial charge in [0.15, 0.2) is 5.78 Å². The lowest BCUT2D eigenvalue weighted by molar-refractivity contribution is -0.121. The van der Waals surface area contributed by atoms with Crippen LogP contribution in [-0.4, -0.2) is 40.3 Å². The van der Waals surface area contributed by atoms with E-state index >= 15 is 0 Å². The number of amides is 1. The number of halogens is 1. The number of alkyl halides is 1. The molecule has 1 rings (SSSR count). The molecule has 1 aromatic rings. The maximum Gasteiger partial charge on any atom is 0.407 e. The first kappa shape index (κ1) is 14.5. The number of carboxylic acid groups (broad SMARTS) is 1. The van der Waals surface area contributed by atoms with Crippen molar-refractivity contribution in [2.24, 2.45) is 0 Å². The average Bonchev–Trinajstić information content (AvgIpc) is 2.38. The van der Waals surface area contributed by atoms with Gasteiger partial charge in [0.25, 0.3) is 0 Å². The van der Waals surface area contributed by atoms with Crippen molar-refractivity contribution in [1.29, 1.82) is 0 Å². The van der Waals surface area contributed by atoms with E-state index in [4.69, 9.17) is 16.7 Å². The van der Waals surface area contributed by atoms with Crippen LogP contribution in [0.4, 0.5) is 4.79 Å². The van der Waals surface area contributed by atoms with Crippen molar-refractivity contribution >= 4 is 23.5 Å². The number of likely N-dealkylation sites (N-methyl/N-ethyl adjacent to an activating group) is 1. The number of hydrogen-bond donors (Lipinski definition) is 1.